The molecule has 2 heteroatoms. The van der Waals surface area contributed by atoms with E-state index in [0.717, 1.165) is 0 Å². The van der Waals surface area contributed by atoms with Crippen molar-refractivity contribution in [1.29, 1.82) is 0 Å². The van der Waals surface area contributed by atoms with Crippen molar-refractivity contribution in [2.75, 3.05) is 6.16 Å². The van der Waals surface area contributed by atoms with Crippen LogP contribution in [0.1, 0.15) is 13.3 Å². The van der Waals surface area contributed by atoms with E-state index in [1.807, 2.05) is 12.3 Å². The van der Waals surface area contributed by atoms with Crippen LogP contribution in [0.3, 0.4) is 0 Å². The van der Waals surface area contributed by atoms with Crippen molar-refractivity contribution in [2.24, 2.45) is 0 Å². The van der Waals surface area contributed by atoms with Crippen LogP contribution < -0.4 is 10.7 Å². The normalized spacial score (nSPS) is 12.3. The van der Waals surface area contributed by atoms with Crippen LogP contribution in [0.2, 0.25) is 0 Å². The van der Waals surface area contributed by atoms with Gasteiger partial charge in [0, 0.05) is 6.20 Å². The first-order valence-corrected chi connectivity index (χ1v) is 7.18. The number of nitrogens with zero attached hydrogens (tertiary/aromatic N) is 1. The highest BCUT2D eigenvalue weighted by Gasteiger charge is 2.12. The van der Waals surface area contributed by atoms with Crippen molar-refractivity contribution < 1.29 is 0 Å². The maximum absolute atomic E-state index is 4.50. The third-order valence-electron chi connectivity index (χ3n) is 2.44. The number of benzene rings is 1. The second-order valence-corrected chi connectivity index (χ2v) is 5.95. The van der Waals surface area contributed by atoms with Gasteiger partial charge >= 0.3 is 0 Å². The van der Waals surface area contributed by atoms with E-state index in [9.17, 15) is 0 Å². The van der Waals surface area contributed by atoms with Gasteiger partial charge in [-0.05, 0) is 31.5 Å². The minimum absolute atomic E-state index is 0.262. The van der Waals surface area contributed by atoms with E-state index in [0.29, 0.717) is 0 Å². The molecule has 2 aromatic rings. The molecule has 0 saturated carbocycles. The summed E-state index contributed by atoms with van der Waals surface area (Å²) in [5.74, 6) is 0. The molecule has 1 unspecified atom stereocenters. The standard InChI is InChI=1S/C14H16NP/c1-2-12-16(13-8-4-3-5-9-13)14-10-6-7-11-15-14/h3-11H,2,12H2,1H3. The first kappa shape index (κ1) is 11.3. The maximum atomic E-state index is 4.50. The Kier molecular flexibility index (Phi) is 4.07. The summed E-state index contributed by atoms with van der Waals surface area (Å²) < 4.78 is 0. The lowest BCUT2D eigenvalue weighted by molar-refractivity contribution is 1.10. The van der Waals surface area contributed by atoms with Crippen LogP contribution >= 0.6 is 7.92 Å². The van der Waals surface area contributed by atoms with E-state index in [2.05, 4.69) is 54.4 Å². The maximum Gasteiger partial charge on any atom is 0.0675 e. The van der Waals surface area contributed by atoms with E-state index in [4.69, 9.17) is 0 Å². The van der Waals surface area contributed by atoms with Crippen molar-refractivity contribution >= 4 is 18.7 Å². The van der Waals surface area contributed by atoms with Gasteiger partial charge in [-0.15, -0.1) is 0 Å². The Balaban J connectivity index is 2.31. The van der Waals surface area contributed by atoms with Gasteiger partial charge in [-0.25, -0.2) is 0 Å². The van der Waals surface area contributed by atoms with Crippen LogP contribution in [-0.4, -0.2) is 11.1 Å². The molecule has 0 saturated heterocycles. The van der Waals surface area contributed by atoms with E-state index in [1.54, 1.807) is 0 Å². The van der Waals surface area contributed by atoms with Crippen molar-refractivity contribution in [3.63, 3.8) is 0 Å². The first-order valence-electron chi connectivity index (χ1n) is 5.65. The molecule has 1 heterocycles. The van der Waals surface area contributed by atoms with E-state index in [-0.39, 0.29) is 7.92 Å². The molecule has 16 heavy (non-hydrogen) atoms. The van der Waals surface area contributed by atoms with Gasteiger partial charge in [-0.3, -0.25) is 4.98 Å². The summed E-state index contributed by atoms with van der Waals surface area (Å²) >= 11 is 0. The predicted octanol–water partition coefficient (Wildman–Crippen LogP) is 2.92. The second-order valence-electron chi connectivity index (χ2n) is 3.68. The summed E-state index contributed by atoms with van der Waals surface area (Å²) in [5.41, 5.74) is 1.24. The van der Waals surface area contributed by atoms with Crippen LogP contribution in [0.4, 0.5) is 0 Å². The SMILES string of the molecule is CCCP(c1ccccc1)c1ccccn1. The molecule has 0 spiro atoms. The van der Waals surface area contributed by atoms with E-state index in [1.165, 1.54) is 23.3 Å². The topological polar surface area (TPSA) is 12.9 Å². The zero-order valence-corrected chi connectivity index (χ0v) is 10.4. The predicted molar refractivity (Wildman–Crippen MR) is 72.0 cm³/mol. The Bertz CT molecular complexity index is 374. The summed E-state index contributed by atoms with van der Waals surface area (Å²) in [6.07, 6.45) is 4.32. The molecule has 82 valence electrons. The molecular formula is C14H16NP. The molecule has 0 fully saturated rings. The van der Waals surface area contributed by atoms with Gasteiger partial charge in [-0.2, -0.15) is 0 Å². The summed E-state index contributed by atoms with van der Waals surface area (Å²) in [6.45, 7) is 2.24. The van der Waals surface area contributed by atoms with Gasteiger partial charge in [-0.1, -0.05) is 49.7 Å². The van der Waals surface area contributed by atoms with Crippen molar-refractivity contribution in [3.05, 3.63) is 54.7 Å². The Labute approximate surface area is 98.3 Å². The first-order chi connectivity index (χ1) is 7.92. The van der Waals surface area contributed by atoms with Crippen LogP contribution in [0.25, 0.3) is 0 Å². The van der Waals surface area contributed by atoms with E-state index >= 15 is 0 Å². The fourth-order valence-corrected chi connectivity index (χ4v) is 3.92. The highest BCUT2D eigenvalue weighted by Crippen LogP contribution is 2.32. The second kappa shape index (κ2) is 5.77. The quantitative estimate of drug-likeness (QED) is 0.734. The largest absolute Gasteiger partial charge is 0.256 e. The Morgan fingerprint density at radius 2 is 1.75 bits per heavy atom. The Morgan fingerprint density at radius 3 is 2.38 bits per heavy atom. The molecule has 2 rings (SSSR count). The Hall–Kier alpha value is -1.20. The molecule has 1 aromatic carbocycles. The average Bonchev–Trinajstić information content (AvgIpc) is 2.38. The highest BCUT2D eigenvalue weighted by molar-refractivity contribution is 7.72. The summed E-state index contributed by atoms with van der Waals surface area (Å²) in [6, 6.07) is 16.9. The van der Waals surface area contributed by atoms with Gasteiger partial charge in [0.15, 0.2) is 0 Å². The number of hydrogen-bond acceptors (Lipinski definition) is 1. The molecule has 0 N–H and O–H groups in total. The molecule has 1 atom stereocenters. The highest BCUT2D eigenvalue weighted by atomic mass is 31.1. The molecule has 0 aliphatic carbocycles. The number of rotatable bonds is 4. The minimum Gasteiger partial charge on any atom is -0.256 e. The number of hydrogen-bond donors (Lipinski definition) is 0. The molecule has 0 amide bonds. The van der Waals surface area contributed by atoms with Gasteiger partial charge in [0.05, 0.1) is 5.44 Å². The minimum atomic E-state index is -0.262. The lowest BCUT2D eigenvalue weighted by Crippen LogP contribution is -2.16. The molecular weight excluding hydrogens is 213 g/mol. The molecule has 1 nitrogen and oxygen atoms in total. The lowest BCUT2D eigenvalue weighted by Gasteiger charge is -2.16. The van der Waals surface area contributed by atoms with Crippen LogP contribution in [0.5, 0.6) is 0 Å². The van der Waals surface area contributed by atoms with Crippen molar-refractivity contribution in [3.8, 4) is 0 Å². The zero-order chi connectivity index (χ0) is 11.2. The monoisotopic (exact) mass is 229 g/mol. The van der Waals surface area contributed by atoms with Crippen LogP contribution in [-0.2, 0) is 0 Å². The fraction of sp³-hybridized carbons (Fsp3) is 0.214. The van der Waals surface area contributed by atoms with Gasteiger partial charge < -0.3 is 0 Å². The Morgan fingerprint density at radius 1 is 1.00 bits per heavy atom. The summed E-state index contributed by atoms with van der Waals surface area (Å²) in [5, 5.41) is 1.43. The van der Waals surface area contributed by atoms with Crippen LogP contribution in [0.15, 0.2) is 54.7 Å². The number of aromatic nitrogens is 1. The molecule has 0 bridgehead atoms. The molecule has 0 aliphatic rings. The third kappa shape index (κ3) is 2.68. The smallest absolute Gasteiger partial charge is 0.0675 e. The van der Waals surface area contributed by atoms with E-state index < -0.39 is 0 Å². The van der Waals surface area contributed by atoms with Crippen molar-refractivity contribution in [2.45, 2.75) is 13.3 Å². The number of pyridine rings is 1. The lowest BCUT2D eigenvalue weighted by atomic mass is 10.4. The van der Waals surface area contributed by atoms with Crippen molar-refractivity contribution in [1.82, 2.24) is 4.98 Å². The zero-order valence-electron chi connectivity index (χ0n) is 9.50. The molecule has 1 aromatic heterocycles. The van der Waals surface area contributed by atoms with Gasteiger partial charge in [0.1, 0.15) is 0 Å². The fourth-order valence-electron chi connectivity index (χ4n) is 1.72. The summed E-state index contributed by atoms with van der Waals surface area (Å²) in [7, 11) is -0.262. The van der Waals surface area contributed by atoms with Crippen LogP contribution in [0, 0.1) is 0 Å². The molecule has 0 radical (unpaired) electrons. The molecule has 0 aliphatic heterocycles. The van der Waals surface area contributed by atoms with Gasteiger partial charge in [0.25, 0.3) is 0 Å². The van der Waals surface area contributed by atoms with Gasteiger partial charge in [0.2, 0.25) is 0 Å². The summed E-state index contributed by atoms with van der Waals surface area (Å²) in [4.78, 5) is 4.50. The average molecular weight is 229 g/mol. The third-order valence-corrected chi connectivity index (χ3v) is 5.07.